The van der Waals surface area contributed by atoms with E-state index in [-0.39, 0.29) is 5.78 Å². The quantitative estimate of drug-likeness (QED) is 0.939. The number of rotatable bonds is 4. The Bertz CT molecular complexity index is 615. The van der Waals surface area contributed by atoms with Gasteiger partial charge in [0.25, 0.3) is 0 Å². The molecule has 0 spiro atoms. The van der Waals surface area contributed by atoms with Crippen molar-refractivity contribution >= 4 is 17.1 Å². The number of hydrogen-bond acceptors (Lipinski definition) is 4. The van der Waals surface area contributed by atoms with Gasteiger partial charge in [-0.05, 0) is 12.8 Å². The Morgan fingerprint density at radius 1 is 1.19 bits per heavy atom. The molecule has 1 saturated carbocycles. The Hall–Kier alpha value is -1.52. The molecule has 3 rings (SSSR count). The zero-order valence-corrected chi connectivity index (χ0v) is 12.9. The lowest BCUT2D eigenvalue weighted by Gasteiger charge is -2.31. The maximum atomic E-state index is 12.5. The van der Waals surface area contributed by atoms with Crippen LogP contribution in [-0.2, 0) is 11.2 Å². The van der Waals surface area contributed by atoms with Crippen LogP contribution in [-0.4, -0.2) is 16.3 Å². The fraction of sp³-hybridized carbons (Fsp3) is 0.412. The van der Waals surface area contributed by atoms with E-state index in [2.05, 4.69) is 4.98 Å². The summed E-state index contributed by atoms with van der Waals surface area (Å²) in [5.41, 5.74) is 7.71. The normalized spacial score (nSPS) is 17.6. The largest absolute Gasteiger partial charge is 0.319 e. The van der Waals surface area contributed by atoms with Gasteiger partial charge in [0.1, 0.15) is 5.01 Å². The van der Waals surface area contributed by atoms with Gasteiger partial charge in [0, 0.05) is 10.9 Å². The van der Waals surface area contributed by atoms with Crippen molar-refractivity contribution in [3.05, 3.63) is 40.7 Å². The molecule has 2 aromatic rings. The van der Waals surface area contributed by atoms with Gasteiger partial charge in [0.15, 0.2) is 5.78 Å². The lowest BCUT2D eigenvalue weighted by atomic mass is 9.78. The molecule has 110 valence electrons. The Labute approximate surface area is 129 Å². The molecule has 0 amide bonds. The third kappa shape index (κ3) is 3.22. The van der Waals surface area contributed by atoms with E-state index in [1.165, 1.54) is 6.42 Å². The molecular weight excluding hydrogens is 280 g/mol. The van der Waals surface area contributed by atoms with Crippen LogP contribution in [0.1, 0.15) is 37.1 Å². The van der Waals surface area contributed by atoms with E-state index >= 15 is 0 Å². The third-order valence-corrected chi connectivity index (χ3v) is 5.08. The molecule has 1 fully saturated rings. The number of carbonyl (C=O) groups excluding carboxylic acids is 1. The molecule has 4 heteroatoms. The Kier molecular flexibility index (Phi) is 4.17. The molecule has 0 saturated heterocycles. The summed E-state index contributed by atoms with van der Waals surface area (Å²) < 4.78 is 0. The van der Waals surface area contributed by atoms with Gasteiger partial charge < -0.3 is 5.73 Å². The van der Waals surface area contributed by atoms with Crippen molar-refractivity contribution < 1.29 is 4.79 Å². The van der Waals surface area contributed by atoms with Crippen LogP contribution in [0, 0.1) is 0 Å². The van der Waals surface area contributed by atoms with Crippen molar-refractivity contribution in [2.45, 2.75) is 44.1 Å². The van der Waals surface area contributed by atoms with Crippen molar-refractivity contribution in [2.24, 2.45) is 5.73 Å². The summed E-state index contributed by atoms with van der Waals surface area (Å²) >= 11 is 1.55. The molecule has 1 aliphatic carbocycles. The van der Waals surface area contributed by atoms with Crippen molar-refractivity contribution in [1.29, 1.82) is 0 Å². The first-order valence-electron chi connectivity index (χ1n) is 7.49. The van der Waals surface area contributed by atoms with Gasteiger partial charge in [0.05, 0.1) is 17.7 Å². The molecule has 0 aliphatic heterocycles. The highest BCUT2D eigenvalue weighted by Gasteiger charge is 2.35. The summed E-state index contributed by atoms with van der Waals surface area (Å²) in [6, 6.07) is 10.0. The van der Waals surface area contributed by atoms with Gasteiger partial charge >= 0.3 is 0 Å². The fourth-order valence-electron chi connectivity index (χ4n) is 2.91. The van der Waals surface area contributed by atoms with Gasteiger partial charge in [-0.3, -0.25) is 4.79 Å². The number of benzene rings is 1. The van der Waals surface area contributed by atoms with Crippen LogP contribution in [0.3, 0.4) is 0 Å². The van der Waals surface area contributed by atoms with Crippen molar-refractivity contribution in [3.8, 4) is 11.3 Å². The van der Waals surface area contributed by atoms with Crippen LogP contribution < -0.4 is 5.73 Å². The highest BCUT2D eigenvalue weighted by molar-refractivity contribution is 7.10. The monoisotopic (exact) mass is 300 g/mol. The van der Waals surface area contributed by atoms with Crippen LogP contribution in [0.5, 0.6) is 0 Å². The molecule has 21 heavy (non-hydrogen) atoms. The Balaban J connectivity index is 1.71. The van der Waals surface area contributed by atoms with E-state index in [4.69, 9.17) is 5.73 Å². The van der Waals surface area contributed by atoms with Crippen LogP contribution in [0.25, 0.3) is 11.3 Å². The molecule has 1 aliphatic rings. The molecule has 0 unspecified atom stereocenters. The average Bonchev–Trinajstić information content (AvgIpc) is 2.97. The summed E-state index contributed by atoms with van der Waals surface area (Å²) in [4.78, 5) is 17.1. The minimum absolute atomic E-state index is 0.149. The summed E-state index contributed by atoms with van der Waals surface area (Å²) in [7, 11) is 0. The minimum Gasteiger partial charge on any atom is -0.319 e. The van der Waals surface area contributed by atoms with Crippen LogP contribution >= 0.6 is 11.3 Å². The topological polar surface area (TPSA) is 56.0 Å². The highest BCUT2D eigenvalue weighted by atomic mass is 32.1. The van der Waals surface area contributed by atoms with Gasteiger partial charge in [0.2, 0.25) is 0 Å². The molecular formula is C17H20N2OS. The first-order valence-corrected chi connectivity index (χ1v) is 8.37. The Morgan fingerprint density at radius 2 is 1.90 bits per heavy atom. The fourth-order valence-corrected chi connectivity index (χ4v) is 3.71. The number of nitrogens with zero attached hydrogens (tertiary/aromatic N) is 1. The Morgan fingerprint density at radius 3 is 2.62 bits per heavy atom. The third-order valence-electron chi connectivity index (χ3n) is 4.23. The summed E-state index contributed by atoms with van der Waals surface area (Å²) in [6.07, 6.45) is 5.34. The van der Waals surface area contributed by atoms with Crippen molar-refractivity contribution in [3.63, 3.8) is 0 Å². The van der Waals surface area contributed by atoms with Crippen LogP contribution in [0.15, 0.2) is 35.7 Å². The van der Waals surface area contributed by atoms with Crippen LogP contribution in [0.2, 0.25) is 0 Å². The molecule has 0 radical (unpaired) electrons. The summed E-state index contributed by atoms with van der Waals surface area (Å²) in [5.74, 6) is 0.149. The number of nitrogens with two attached hydrogens (primary N) is 1. The molecule has 1 aromatic carbocycles. The van der Waals surface area contributed by atoms with Gasteiger partial charge in [-0.1, -0.05) is 49.6 Å². The summed E-state index contributed by atoms with van der Waals surface area (Å²) in [6.45, 7) is 0. The second-order valence-electron chi connectivity index (χ2n) is 5.81. The zero-order chi connectivity index (χ0) is 14.7. The molecule has 1 aromatic heterocycles. The predicted molar refractivity (Wildman–Crippen MR) is 86.3 cm³/mol. The number of thiazole rings is 1. The molecule has 1 heterocycles. The van der Waals surface area contributed by atoms with Gasteiger partial charge in [-0.2, -0.15) is 0 Å². The SMILES string of the molecule is NC1(C(=O)Cc2nc(-c3ccccc3)cs2)CCCCC1. The standard InChI is InChI=1S/C17H20N2OS/c18-17(9-5-2-6-10-17)15(20)11-16-19-14(12-21-16)13-7-3-1-4-8-13/h1,3-4,7-8,12H,2,5-6,9-11,18H2. The molecule has 3 nitrogen and oxygen atoms in total. The second kappa shape index (κ2) is 6.08. The maximum Gasteiger partial charge on any atom is 0.159 e. The van der Waals surface area contributed by atoms with E-state index in [9.17, 15) is 4.79 Å². The van der Waals surface area contributed by atoms with E-state index in [0.717, 1.165) is 41.9 Å². The average molecular weight is 300 g/mol. The maximum absolute atomic E-state index is 12.5. The van der Waals surface area contributed by atoms with E-state index in [1.54, 1.807) is 11.3 Å². The molecule has 0 atom stereocenters. The van der Waals surface area contributed by atoms with Crippen molar-refractivity contribution in [1.82, 2.24) is 4.98 Å². The first-order chi connectivity index (χ1) is 10.2. The van der Waals surface area contributed by atoms with Crippen molar-refractivity contribution in [2.75, 3.05) is 0 Å². The van der Waals surface area contributed by atoms with Crippen LogP contribution in [0.4, 0.5) is 0 Å². The highest BCUT2D eigenvalue weighted by Crippen LogP contribution is 2.29. The zero-order valence-electron chi connectivity index (χ0n) is 12.0. The molecule has 0 bridgehead atoms. The number of aromatic nitrogens is 1. The number of Topliss-reactive ketones (excluding diaryl/α,β-unsaturated/α-hetero) is 1. The summed E-state index contributed by atoms with van der Waals surface area (Å²) in [5, 5.41) is 2.89. The smallest absolute Gasteiger partial charge is 0.159 e. The van der Waals surface area contributed by atoms with E-state index < -0.39 is 5.54 Å². The molecule has 2 N–H and O–H groups in total. The van der Waals surface area contributed by atoms with Gasteiger partial charge in [-0.25, -0.2) is 4.98 Å². The van der Waals surface area contributed by atoms with E-state index in [0.29, 0.717) is 6.42 Å². The second-order valence-corrected chi connectivity index (χ2v) is 6.75. The number of ketones is 1. The minimum atomic E-state index is -0.614. The number of hydrogen-bond donors (Lipinski definition) is 1. The first kappa shape index (κ1) is 14.4. The lowest BCUT2D eigenvalue weighted by Crippen LogP contribution is -2.50. The van der Waals surface area contributed by atoms with Gasteiger partial charge in [-0.15, -0.1) is 11.3 Å². The number of carbonyl (C=O) groups is 1. The predicted octanol–water partition coefficient (Wildman–Crippen LogP) is 3.58. The lowest BCUT2D eigenvalue weighted by molar-refractivity contribution is -0.124. The van der Waals surface area contributed by atoms with E-state index in [1.807, 2.05) is 35.7 Å².